The minimum absolute atomic E-state index is 0.0485. The van der Waals surface area contributed by atoms with E-state index in [4.69, 9.17) is 14.2 Å². The second-order valence-corrected chi connectivity index (χ2v) is 10.5. The molecule has 0 spiro atoms. The first-order valence-electron chi connectivity index (χ1n) is 11.8. The number of hydrogen-bond donors (Lipinski definition) is 3. The highest BCUT2D eigenvalue weighted by Crippen LogP contribution is 2.30. The van der Waals surface area contributed by atoms with Gasteiger partial charge < -0.3 is 30.0 Å². The Hall–Kier alpha value is -1.67. The monoisotopic (exact) mass is 448 g/mol. The van der Waals surface area contributed by atoms with Gasteiger partial charge in [0.1, 0.15) is 5.75 Å². The highest BCUT2D eigenvalue weighted by Gasteiger charge is 2.36. The number of nitrogens with one attached hydrogen (secondary N) is 2. The largest absolute Gasteiger partial charge is 0.493 e. The molecule has 0 bridgehead atoms. The fourth-order valence-electron chi connectivity index (χ4n) is 3.84. The van der Waals surface area contributed by atoms with Crippen molar-refractivity contribution in [2.45, 2.75) is 84.4 Å². The fourth-order valence-corrected chi connectivity index (χ4v) is 3.84. The molecule has 1 aromatic rings. The molecule has 0 radical (unpaired) electrons. The van der Waals surface area contributed by atoms with E-state index in [-0.39, 0.29) is 29.7 Å². The molecular formula is C25H40N2O5. The summed E-state index contributed by atoms with van der Waals surface area (Å²) in [5.74, 6) is 1.34. The second-order valence-electron chi connectivity index (χ2n) is 10.5. The topological polar surface area (TPSA) is 89.1 Å². The lowest BCUT2D eigenvalue weighted by atomic mass is 9.95. The van der Waals surface area contributed by atoms with Gasteiger partial charge in [0.05, 0.1) is 44.1 Å². The summed E-state index contributed by atoms with van der Waals surface area (Å²) in [7, 11) is 0. The number of carbonyl (C=O) groups excluding carboxylic acids is 1. The van der Waals surface area contributed by atoms with E-state index in [1.54, 1.807) is 0 Å². The Labute approximate surface area is 192 Å². The SMILES string of the molecule is CC(=O)N[C@@H](Cc1cccc(OCC2CC2)c1)[C@H](O)[C@H]1CO[C@@H](OCC(C)(C)C)[C@H](C)N1. The Kier molecular flexibility index (Phi) is 8.55. The number of ether oxygens (including phenoxy) is 3. The zero-order valence-corrected chi connectivity index (χ0v) is 20.1. The summed E-state index contributed by atoms with van der Waals surface area (Å²) in [4.78, 5) is 11.9. The molecule has 3 rings (SSSR count). The van der Waals surface area contributed by atoms with Gasteiger partial charge in [-0.15, -0.1) is 0 Å². The molecule has 5 atom stereocenters. The lowest BCUT2D eigenvalue weighted by Crippen LogP contribution is -2.62. The normalized spacial score (nSPS) is 25.8. The lowest BCUT2D eigenvalue weighted by Gasteiger charge is -2.40. The number of rotatable bonds is 10. The smallest absolute Gasteiger partial charge is 0.217 e. The molecule has 1 amide bonds. The fraction of sp³-hybridized carbons (Fsp3) is 0.720. The van der Waals surface area contributed by atoms with E-state index in [1.807, 2.05) is 31.2 Å². The number of morpholine rings is 1. The molecule has 2 aliphatic rings. The minimum Gasteiger partial charge on any atom is -0.493 e. The van der Waals surface area contributed by atoms with Gasteiger partial charge in [-0.05, 0) is 55.2 Å². The average molecular weight is 449 g/mol. The number of benzene rings is 1. The van der Waals surface area contributed by atoms with Crippen molar-refractivity contribution >= 4 is 5.91 Å². The summed E-state index contributed by atoms with van der Waals surface area (Å²) in [6.07, 6.45) is 1.80. The molecule has 1 saturated heterocycles. The molecule has 1 aromatic carbocycles. The van der Waals surface area contributed by atoms with Crippen LogP contribution in [0.5, 0.6) is 5.75 Å². The molecule has 1 heterocycles. The Bertz CT molecular complexity index is 746. The van der Waals surface area contributed by atoms with E-state index >= 15 is 0 Å². The Morgan fingerprint density at radius 1 is 1.34 bits per heavy atom. The van der Waals surface area contributed by atoms with Crippen molar-refractivity contribution < 1.29 is 24.1 Å². The molecule has 3 N–H and O–H groups in total. The third-order valence-electron chi connectivity index (χ3n) is 5.76. The van der Waals surface area contributed by atoms with Crippen LogP contribution in [-0.4, -0.2) is 61.4 Å². The molecule has 2 fully saturated rings. The van der Waals surface area contributed by atoms with Gasteiger partial charge >= 0.3 is 0 Å². The number of aliphatic hydroxyl groups excluding tert-OH is 1. The molecule has 1 saturated carbocycles. The Morgan fingerprint density at radius 2 is 2.09 bits per heavy atom. The van der Waals surface area contributed by atoms with Crippen LogP contribution in [0.3, 0.4) is 0 Å². The van der Waals surface area contributed by atoms with Gasteiger partial charge in [0, 0.05) is 6.92 Å². The van der Waals surface area contributed by atoms with Crippen LogP contribution in [0, 0.1) is 11.3 Å². The van der Waals surface area contributed by atoms with Crippen LogP contribution in [0.15, 0.2) is 24.3 Å². The van der Waals surface area contributed by atoms with Crippen molar-refractivity contribution in [3.63, 3.8) is 0 Å². The minimum atomic E-state index is -0.819. The molecular weight excluding hydrogens is 408 g/mol. The maximum Gasteiger partial charge on any atom is 0.217 e. The summed E-state index contributed by atoms with van der Waals surface area (Å²) < 4.78 is 17.7. The van der Waals surface area contributed by atoms with Gasteiger partial charge in [-0.1, -0.05) is 32.9 Å². The quantitative estimate of drug-likeness (QED) is 0.510. The molecule has 1 aliphatic heterocycles. The summed E-state index contributed by atoms with van der Waals surface area (Å²) in [6, 6.07) is 7.05. The van der Waals surface area contributed by atoms with Crippen LogP contribution in [-0.2, 0) is 20.7 Å². The Balaban J connectivity index is 1.59. The van der Waals surface area contributed by atoms with Crippen LogP contribution in [0.1, 0.15) is 53.0 Å². The summed E-state index contributed by atoms with van der Waals surface area (Å²) in [5, 5.41) is 17.5. The van der Waals surface area contributed by atoms with Gasteiger partial charge in [-0.3, -0.25) is 4.79 Å². The number of hydrogen-bond acceptors (Lipinski definition) is 6. The molecule has 180 valence electrons. The predicted octanol–water partition coefficient (Wildman–Crippen LogP) is 2.65. The van der Waals surface area contributed by atoms with Crippen molar-refractivity contribution in [3.8, 4) is 5.75 Å². The summed E-state index contributed by atoms with van der Waals surface area (Å²) in [6.45, 7) is 11.4. The van der Waals surface area contributed by atoms with E-state index in [9.17, 15) is 9.90 Å². The van der Waals surface area contributed by atoms with Crippen LogP contribution in [0.4, 0.5) is 0 Å². The molecule has 0 unspecified atom stereocenters. The average Bonchev–Trinajstić information content (AvgIpc) is 3.54. The van der Waals surface area contributed by atoms with E-state index < -0.39 is 12.1 Å². The van der Waals surface area contributed by atoms with Gasteiger partial charge in [0.2, 0.25) is 5.91 Å². The number of aliphatic hydroxyl groups is 1. The third kappa shape index (κ3) is 8.03. The van der Waals surface area contributed by atoms with Crippen LogP contribution in [0.25, 0.3) is 0 Å². The van der Waals surface area contributed by atoms with Gasteiger partial charge in [-0.2, -0.15) is 0 Å². The maximum atomic E-state index is 11.9. The summed E-state index contributed by atoms with van der Waals surface area (Å²) in [5.41, 5.74) is 1.06. The lowest BCUT2D eigenvalue weighted by molar-refractivity contribution is -0.201. The second kappa shape index (κ2) is 11.0. The van der Waals surface area contributed by atoms with Gasteiger partial charge in [0.15, 0.2) is 6.29 Å². The van der Waals surface area contributed by atoms with Crippen molar-refractivity contribution in [3.05, 3.63) is 29.8 Å². The van der Waals surface area contributed by atoms with Crippen LogP contribution < -0.4 is 15.4 Å². The Morgan fingerprint density at radius 3 is 2.72 bits per heavy atom. The maximum absolute atomic E-state index is 11.9. The van der Waals surface area contributed by atoms with Crippen molar-refractivity contribution in [2.75, 3.05) is 19.8 Å². The first-order chi connectivity index (χ1) is 15.1. The number of carbonyl (C=O) groups is 1. The predicted molar refractivity (Wildman–Crippen MR) is 124 cm³/mol. The van der Waals surface area contributed by atoms with Crippen LogP contribution in [0.2, 0.25) is 0 Å². The van der Waals surface area contributed by atoms with Crippen molar-refractivity contribution in [1.82, 2.24) is 10.6 Å². The first-order valence-corrected chi connectivity index (χ1v) is 11.8. The van der Waals surface area contributed by atoms with E-state index in [0.29, 0.717) is 25.6 Å². The highest BCUT2D eigenvalue weighted by atomic mass is 16.7. The molecule has 7 heteroatoms. The molecule has 1 aliphatic carbocycles. The first kappa shape index (κ1) is 25.0. The van der Waals surface area contributed by atoms with E-state index in [2.05, 4.69) is 31.4 Å². The van der Waals surface area contributed by atoms with Gasteiger partial charge in [-0.25, -0.2) is 0 Å². The van der Waals surface area contributed by atoms with Crippen molar-refractivity contribution in [2.24, 2.45) is 11.3 Å². The van der Waals surface area contributed by atoms with E-state index in [1.165, 1.54) is 19.8 Å². The zero-order valence-electron chi connectivity index (χ0n) is 20.1. The molecule has 0 aromatic heterocycles. The third-order valence-corrected chi connectivity index (χ3v) is 5.76. The standard InChI is InChI=1S/C25H40N2O5/c1-16-24(32-15-25(3,4)5)31-14-22(26-16)23(29)21(27-17(2)28)12-19-7-6-8-20(11-19)30-13-18-9-10-18/h6-8,11,16,18,21-24,26,29H,9-10,12-15H2,1-5H3,(H,27,28)/t16-,21-,22+,23-,24-/m0/s1. The number of amides is 1. The van der Waals surface area contributed by atoms with Gasteiger partial charge in [0.25, 0.3) is 0 Å². The molecule has 32 heavy (non-hydrogen) atoms. The zero-order chi connectivity index (χ0) is 23.3. The highest BCUT2D eigenvalue weighted by molar-refractivity contribution is 5.73. The van der Waals surface area contributed by atoms with Crippen LogP contribution >= 0.6 is 0 Å². The van der Waals surface area contributed by atoms with Crippen molar-refractivity contribution in [1.29, 1.82) is 0 Å². The molecule has 7 nitrogen and oxygen atoms in total. The summed E-state index contributed by atoms with van der Waals surface area (Å²) >= 11 is 0. The van der Waals surface area contributed by atoms with E-state index in [0.717, 1.165) is 17.9 Å².